The maximum atomic E-state index is 10.1. The largest absolute Gasteiger partial charge is 0.385 e. The van der Waals surface area contributed by atoms with Gasteiger partial charge in [0.15, 0.2) is 0 Å². The standard InChI is InChI=1S/C10H13N3O/c1-13-7-12-5-8(13)9(14)10(6-11)3-2-4-10/h5,7,9,14H,2-4H2,1H3. The molecule has 4 nitrogen and oxygen atoms in total. The fraction of sp³-hybridized carbons (Fsp3) is 0.600. The van der Waals surface area contributed by atoms with Crippen LogP contribution in [0.3, 0.4) is 0 Å². The van der Waals surface area contributed by atoms with Crippen LogP contribution in [0.5, 0.6) is 0 Å². The third kappa shape index (κ3) is 1.13. The molecule has 0 saturated heterocycles. The van der Waals surface area contributed by atoms with Gasteiger partial charge in [-0.05, 0) is 12.8 Å². The Kier molecular flexibility index (Phi) is 2.05. The molecule has 0 aliphatic heterocycles. The normalized spacial score (nSPS) is 20.9. The molecule has 0 aromatic carbocycles. The summed E-state index contributed by atoms with van der Waals surface area (Å²) in [7, 11) is 1.83. The topological polar surface area (TPSA) is 61.8 Å². The van der Waals surface area contributed by atoms with Crippen molar-refractivity contribution >= 4 is 0 Å². The van der Waals surface area contributed by atoms with Crippen LogP contribution in [0.25, 0.3) is 0 Å². The number of imidazole rings is 1. The molecule has 0 radical (unpaired) electrons. The van der Waals surface area contributed by atoms with Crippen LogP contribution in [0, 0.1) is 16.7 Å². The molecule has 14 heavy (non-hydrogen) atoms. The van der Waals surface area contributed by atoms with Gasteiger partial charge in [0.2, 0.25) is 0 Å². The average molecular weight is 191 g/mol. The van der Waals surface area contributed by atoms with Gasteiger partial charge in [0, 0.05) is 7.05 Å². The highest BCUT2D eigenvalue weighted by Gasteiger charge is 2.45. The molecule has 0 bridgehead atoms. The van der Waals surface area contributed by atoms with E-state index in [4.69, 9.17) is 5.26 Å². The van der Waals surface area contributed by atoms with Gasteiger partial charge in [-0.2, -0.15) is 5.26 Å². The van der Waals surface area contributed by atoms with E-state index in [-0.39, 0.29) is 0 Å². The molecule has 1 aliphatic carbocycles. The van der Waals surface area contributed by atoms with Crippen molar-refractivity contribution in [2.45, 2.75) is 25.4 Å². The first kappa shape index (κ1) is 9.22. The Morgan fingerprint density at radius 3 is 2.79 bits per heavy atom. The van der Waals surface area contributed by atoms with E-state index < -0.39 is 11.5 Å². The lowest BCUT2D eigenvalue weighted by atomic mass is 9.65. The van der Waals surface area contributed by atoms with Crippen LogP contribution in [0.1, 0.15) is 31.1 Å². The monoisotopic (exact) mass is 191 g/mol. The molecular formula is C10H13N3O. The zero-order valence-electron chi connectivity index (χ0n) is 8.14. The third-order valence-electron chi connectivity index (χ3n) is 3.13. The molecule has 1 heterocycles. The van der Waals surface area contributed by atoms with Crippen LogP contribution in [-0.2, 0) is 7.05 Å². The van der Waals surface area contributed by atoms with Crippen molar-refractivity contribution < 1.29 is 5.11 Å². The second-order valence-corrected chi connectivity index (χ2v) is 3.95. The van der Waals surface area contributed by atoms with Gasteiger partial charge in [0.1, 0.15) is 6.10 Å². The Balaban J connectivity index is 2.28. The first-order chi connectivity index (χ1) is 6.69. The number of rotatable bonds is 2. The molecular weight excluding hydrogens is 178 g/mol. The minimum absolute atomic E-state index is 0.562. The Labute approximate surface area is 82.8 Å². The lowest BCUT2D eigenvalue weighted by Gasteiger charge is -2.39. The van der Waals surface area contributed by atoms with E-state index >= 15 is 0 Å². The molecule has 1 N–H and O–H groups in total. The predicted molar refractivity (Wildman–Crippen MR) is 50.1 cm³/mol. The van der Waals surface area contributed by atoms with Gasteiger partial charge in [-0.3, -0.25) is 0 Å². The molecule has 1 fully saturated rings. The lowest BCUT2D eigenvalue weighted by Crippen LogP contribution is -2.35. The molecule has 1 unspecified atom stereocenters. The van der Waals surface area contributed by atoms with Gasteiger partial charge in [-0.1, -0.05) is 6.42 Å². The van der Waals surface area contributed by atoms with Crippen LogP contribution in [0.2, 0.25) is 0 Å². The number of aromatic nitrogens is 2. The lowest BCUT2D eigenvalue weighted by molar-refractivity contribution is 0.00322. The van der Waals surface area contributed by atoms with E-state index in [1.54, 1.807) is 17.1 Å². The highest BCUT2D eigenvalue weighted by molar-refractivity contribution is 5.17. The minimum atomic E-state index is -0.700. The van der Waals surface area contributed by atoms with Gasteiger partial charge in [0.05, 0.1) is 29.7 Å². The van der Waals surface area contributed by atoms with Gasteiger partial charge >= 0.3 is 0 Å². The van der Waals surface area contributed by atoms with Crippen molar-refractivity contribution in [3.63, 3.8) is 0 Å². The molecule has 1 aromatic rings. The molecule has 0 spiro atoms. The van der Waals surface area contributed by atoms with Crippen molar-refractivity contribution in [1.82, 2.24) is 9.55 Å². The van der Waals surface area contributed by atoms with Crippen molar-refractivity contribution in [3.8, 4) is 6.07 Å². The van der Waals surface area contributed by atoms with Crippen LogP contribution >= 0.6 is 0 Å². The quantitative estimate of drug-likeness (QED) is 0.762. The van der Waals surface area contributed by atoms with Crippen molar-refractivity contribution in [2.75, 3.05) is 0 Å². The van der Waals surface area contributed by atoms with E-state index in [0.717, 1.165) is 25.0 Å². The zero-order chi connectivity index (χ0) is 10.2. The van der Waals surface area contributed by atoms with Crippen LogP contribution in [-0.4, -0.2) is 14.7 Å². The molecule has 0 amide bonds. The second-order valence-electron chi connectivity index (χ2n) is 3.95. The Hall–Kier alpha value is -1.34. The summed E-state index contributed by atoms with van der Waals surface area (Å²) in [6.45, 7) is 0. The van der Waals surface area contributed by atoms with Crippen LogP contribution in [0.4, 0.5) is 0 Å². The third-order valence-corrected chi connectivity index (χ3v) is 3.13. The van der Waals surface area contributed by atoms with Gasteiger partial charge in [-0.15, -0.1) is 0 Å². The Morgan fingerprint density at radius 2 is 2.43 bits per heavy atom. The molecule has 1 aromatic heterocycles. The highest BCUT2D eigenvalue weighted by Crippen LogP contribution is 2.49. The summed E-state index contributed by atoms with van der Waals surface area (Å²) >= 11 is 0. The molecule has 1 atom stereocenters. The second kappa shape index (κ2) is 3.10. The number of aryl methyl sites for hydroxylation is 1. The van der Waals surface area contributed by atoms with Gasteiger partial charge < -0.3 is 9.67 Å². The number of nitrogens with zero attached hydrogens (tertiary/aromatic N) is 3. The summed E-state index contributed by atoms with van der Waals surface area (Å²) in [6, 6.07) is 2.24. The molecule has 2 rings (SSSR count). The smallest absolute Gasteiger partial charge is 0.114 e. The minimum Gasteiger partial charge on any atom is -0.385 e. The summed E-state index contributed by atoms with van der Waals surface area (Å²) < 4.78 is 1.77. The Morgan fingerprint density at radius 1 is 1.71 bits per heavy atom. The summed E-state index contributed by atoms with van der Waals surface area (Å²) in [5, 5.41) is 19.1. The zero-order valence-corrected chi connectivity index (χ0v) is 8.14. The first-order valence-corrected chi connectivity index (χ1v) is 4.75. The highest BCUT2D eigenvalue weighted by atomic mass is 16.3. The summed E-state index contributed by atoms with van der Waals surface area (Å²) in [5.74, 6) is 0. The van der Waals surface area contributed by atoms with Crippen molar-refractivity contribution in [1.29, 1.82) is 5.26 Å². The van der Waals surface area contributed by atoms with Gasteiger partial charge in [-0.25, -0.2) is 4.98 Å². The van der Waals surface area contributed by atoms with Crippen LogP contribution in [0.15, 0.2) is 12.5 Å². The summed E-state index contributed by atoms with van der Waals surface area (Å²) in [5.41, 5.74) is 0.166. The summed E-state index contributed by atoms with van der Waals surface area (Å²) in [4.78, 5) is 3.94. The number of hydrogen-bond donors (Lipinski definition) is 1. The van der Waals surface area contributed by atoms with E-state index in [9.17, 15) is 5.11 Å². The SMILES string of the molecule is Cn1cncc1C(O)C1(C#N)CCC1. The number of aliphatic hydroxyl groups excluding tert-OH is 1. The Bertz CT molecular complexity index is 373. The van der Waals surface area contributed by atoms with Crippen molar-refractivity contribution in [3.05, 3.63) is 18.2 Å². The maximum absolute atomic E-state index is 10.1. The molecule has 1 saturated carbocycles. The molecule has 4 heteroatoms. The van der Waals surface area contributed by atoms with Gasteiger partial charge in [0.25, 0.3) is 0 Å². The number of aliphatic hydroxyl groups is 1. The molecule has 74 valence electrons. The average Bonchev–Trinajstić information content (AvgIpc) is 2.50. The molecule has 1 aliphatic rings. The van der Waals surface area contributed by atoms with Crippen LogP contribution < -0.4 is 0 Å². The van der Waals surface area contributed by atoms with E-state index in [2.05, 4.69) is 11.1 Å². The van der Waals surface area contributed by atoms with Crippen molar-refractivity contribution in [2.24, 2.45) is 12.5 Å². The van der Waals surface area contributed by atoms with E-state index in [1.165, 1.54) is 0 Å². The predicted octanol–water partition coefficient (Wildman–Crippen LogP) is 1.15. The number of hydrogen-bond acceptors (Lipinski definition) is 3. The first-order valence-electron chi connectivity index (χ1n) is 4.75. The fourth-order valence-corrected chi connectivity index (χ4v) is 1.92. The maximum Gasteiger partial charge on any atom is 0.114 e. The fourth-order valence-electron chi connectivity index (χ4n) is 1.92. The van der Waals surface area contributed by atoms with E-state index in [1.807, 2.05) is 7.05 Å². The van der Waals surface area contributed by atoms with E-state index in [0.29, 0.717) is 0 Å². The summed E-state index contributed by atoms with van der Waals surface area (Å²) in [6.07, 6.45) is 5.17. The number of nitriles is 1.